The molecule has 0 aliphatic rings. The number of rotatable bonds is 8. The summed E-state index contributed by atoms with van der Waals surface area (Å²) in [6.07, 6.45) is 5.80. The van der Waals surface area contributed by atoms with Gasteiger partial charge in [0, 0.05) is 24.2 Å². The second-order valence-corrected chi connectivity index (χ2v) is 5.93. The van der Waals surface area contributed by atoms with E-state index in [9.17, 15) is 0 Å². The molecule has 0 fully saturated rings. The van der Waals surface area contributed by atoms with Crippen LogP contribution in [0.1, 0.15) is 37.4 Å². The summed E-state index contributed by atoms with van der Waals surface area (Å²) in [5.41, 5.74) is 2.72. The van der Waals surface area contributed by atoms with Crippen LogP contribution in [0.4, 0.5) is 0 Å². The highest BCUT2D eigenvalue weighted by Crippen LogP contribution is 2.22. The number of thioether (sulfide) groups is 1. The van der Waals surface area contributed by atoms with Gasteiger partial charge in [-0.25, -0.2) is 9.97 Å². The zero-order chi connectivity index (χ0) is 14.9. The molecular weight excluding hydrogens is 278 g/mol. The van der Waals surface area contributed by atoms with Gasteiger partial charge in [0.1, 0.15) is 0 Å². The number of nitrogens with zero attached hydrogens (tertiary/aromatic N) is 2. The lowest BCUT2D eigenvalue weighted by molar-refractivity contribution is 0.577. The molecule has 0 saturated heterocycles. The van der Waals surface area contributed by atoms with Crippen LogP contribution in [0.3, 0.4) is 0 Å². The summed E-state index contributed by atoms with van der Waals surface area (Å²) in [6.45, 7) is 5.40. The average Bonchev–Trinajstić information content (AvgIpc) is 2.56. The molecule has 0 aliphatic heterocycles. The lowest BCUT2D eigenvalue weighted by Gasteiger charge is -2.18. The Balaban J connectivity index is 2.02. The first-order valence-corrected chi connectivity index (χ1v) is 8.54. The average molecular weight is 301 g/mol. The number of hydrogen-bond donors (Lipinski definition) is 1. The second-order valence-electron chi connectivity index (χ2n) is 4.94. The van der Waals surface area contributed by atoms with E-state index in [0.717, 1.165) is 30.3 Å². The maximum Gasteiger partial charge on any atom is 0.187 e. The van der Waals surface area contributed by atoms with Gasteiger partial charge in [0.25, 0.3) is 0 Å². The number of benzene rings is 1. The Hall–Kier alpha value is -1.39. The number of aromatic nitrogens is 2. The molecule has 0 bridgehead atoms. The molecule has 0 saturated carbocycles. The maximum absolute atomic E-state index is 4.28. The largest absolute Gasteiger partial charge is 0.309 e. The molecule has 2 rings (SSSR count). The van der Waals surface area contributed by atoms with E-state index in [-0.39, 0.29) is 0 Å². The summed E-state index contributed by atoms with van der Waals surface area (Å²) in [6, 6.07) is 11.1. The van der Waals surface area contributed by atoms with Gasteiger partial charge in [-0.05, 0) is 36.6 Å². The van der Waals surface area contributed by atoms with Gasteiger partial charge in [0.2, 0.25) is 0 Å². The minimum absolute atomic E-state index is 0.338. The third-order valence-corrected chi connectivity index (χ3v) is 4.32. The molecule has 0 radical (unpaired) electrons. The fraction of sp³-hybridized carbons (Fsp3) is 0.412. The molecule has 1 heterocycles. The molecule has 112 valence electrons. The third-order valence-electron chi connectivity index (χ3n) is 3.35. The van der Waals surface area contributed by atoms with Crippen LogP contribution in [-0.4, -0.2) is 22.3 Å². The Morgan fingerprint density at radius 3 is 2.43 bits per heavy atom. The quantitative estimate of drug-likeness (QED) is 0.593. The first kappa shape index (κ1) is 16.0. The van der Waals surface area contributed by atoms with Gasteiger partial charge in [0.15, 0.2) is 5.16 Å². The lowest BCUT2D eigenvalue weighted by atomic mass is 10.0. The molecule has 0 amide bonds. The standard InChI is InChI=1S/C17H23N3S/c1-3-10-18-16(13-21-17-19-11-5-12-20-17)15-8-6-14(4-2)7-9-15/h5-9,11-12,16,18H,3-4,10,13H2,1-2H3. The summed E-state index contributed by atoms with van der Waals surface area (Å²) >= 11 is 1.70. The van der Waals surface area contributed by atoms with Gasteiger partial charge in [-0.2, -0.15) is 0 Å². The van der Waals surface area contributed by atoms with Crippen LogP contribution in [0.15, 0.2) is 47.9 Å². The molecule has 1 atom stereocenters. The van der Waals surface area contributed by atoms with Crippen LogP contribution < -0.4 is 5.32 Å². The van der Waals surface area contributed by atoms with Crippen molar-refractivity contribution >= 4 is 11.8 Å². The molecule has 1 aromatic carbocycles. The van der Waals surface area contributed by atoms with Crippen LogP contribution in [0.5, 0.6) is 0 Å². The summed E-state index contributed by atoms with van der Waals surface area (Å²) in [7, 11) is 0. The Kier molecular flexibility index (Phi) is 6.70. The zero-order valence-corrected chi connectivity index (χ0v) is 13.6. The highest BCUT2D eigenvalue weighted by molar-refractivity contribution is 7.99. The molecule has 21 heavy (non-hydrogen) atoms. The third kappa shape index (κ3) is 5.14. The predicted molar refractivity (Wildman–Crippen MR) is 89.6 cm³/mol. The molecule has 0 spiro atoms. The Labute approximate surface area is 131 Å². The van der Waals surface area contributed by atoms with Crippen LogP contribution in [0, 0.1) is 0 Å². The SMILES string of the molecule is CCCNC(CSc1ncccn1)c1ccc(CC)cc1. The molecule has 1 aromatic heterocycles. The lowest BCUT2D eigenvalue weighted by Crippen LogP contribution is -2.24. The molecule has 0 aliphatic carbocycles. The van der Waals surface area contributed by atoms with Crippen molar-refractivity contribution in [2.24, 2.45) is 0 Å². The Morgan fingerprint density at radius 2 is 1.81 bits per heavy atom. The minimum atomic E-state index is 0.338. The van der Waals surface area contributed by atoms with Crippen LogP contribution >= 0.6 is 11.8 Å². The van der Waals surface area contributed by atoms with Crippen molar-refractivity contribution in [1.29, 1.82) is 0 Å². The van der Waals surface area contributed by atoms with Crippen LogP contribution in [-0.2, 0) is 6.42 Å². The van der Waals surface area contributed by atoms with E-state index in [4.69, 9.17) is 0 Å². The van der Waals surface area contributed by atoms with E-state index >= 15 is 0 Å². The van der Waals surface area contributed by atoms with Crippen molar-refractivity contribution in [2.45, 2.75) is 37.9 Å². The van der Waals surface area contributed by atoms with E-state index in [1.807, 2.05) is 6.07 Å². The van der Waals surface area contributed by atoms with Gasteiger partial charge in [-0.15, -0.1) is 0 Å². The van der Waals surface area contributed by atoms with Gasteiger partial charge in [-0.3, -0.25) is 0 Å². The number of hydrogen-bond acceptors (Lipinski definition) is 4. The minimum Gasteiger partial charge on any atom is -0.309 e. The normalized spacial score (nSPS) is 12.3. The fourth-order valence-corrected chi connectivity index (χ4v) is 2.99. The van der Waals surface area contributed by atoms with E-state index in [1.54, 1.807) is 24.2 Å². The molecule has 1 unspecified atom stereocenters. The monoisotopic (exact) mass is 301 g/mol. The first-order valence-electron chi connectivity index (χ1n) is 7.55. The second kappa shape index (κ2) is 8.80. The molecule has 3 nitrogen and oxygen atoms in total. The van der Waals surface area contributed by atoms with E-state index < -0.39 is 0 Å². The Bertz CT molecular complexity index is 513. The highest BCUT2D eigenvalue weighted by atomic mass is 32.2. The fourth-order valence-electron chi connectivity index (χ4n) is 2.10. The molecule has 2 aromatic rings. The Morgan fingerprint density at radius 1 is 1.10 bits per heavy atom. The summed E-state index contributed by atoms with van der Waals surface area (Å²) in [4.78, 5) is 8.55. The zero-order valence-electron chi connectivity index (χ0n) is 12.7. The van der Waals surface area contributed by atoms with E-state index in [1.165, 1.54) is 11.1 Å². The van der Waals surface area contributed by atoms with E-state index in [2.05, 4.69) is 53.4 Å². The first-order chi connectivity index (χ1) is 10.3. The van der Waals surface area contributed by atoms with Crippen molar-refractivity contribution in [1.82, 2.24) is 15.3 Å². The predicted octanol–water partition coefficient (Wildman–Crippen LogP) is 3.87. The molecular formula is C17H23N3S. The van der Waals surface area contributed by atoms with Crippen molar-refractivity contribution in [3.8, 4) is 0 Å². The number of nitrogens with one attached hydrogen (secondary N) is 1. The number of aryl methyl sites for hydroxylation is 1. The summed E-state index contributed by atoms with van der Waals surface area (Å²) < 4.78 is 0. The summed E-state index contributed by atoms with van der Waals surface area (Å²) in [5, 5.41) is 4.46. The van der Waals surface area contributed by atoms with Gasteiger partial charge in [0.05, 0.1) is 0 Å². The molecule has 4 heteroatoms. The smallest absolute Gasteiger partial charge is 0.187 e. The van der Waals surface area contributed by atoms with Gasteiger partial charge < -0.3 is 5.32 Å². The van der Waals surface area contributed by atoms with Crippen molar-refractivity contribution in [2.75, 3.05) is 12.3 Å². The van der Waals surface area contributed by atoms with Crippen molar-refractivity contribution in [3.05, 3.63) is 53.9 Å². The van der Waals surface area contributed by atoms with Crippen molar-refractivity contribution < 1.29 is 0 Å². The maximum atomic E-state index is 4.28. The topological polar surface area (TPSA) is 37.8 Å². The van der Waals surface area contributed by atoms with Gasteiger partial charge >= 0.3 is 0 Å². The highest BCUT2D eigenvalue weighted by Gasteiger charge is 2.12. The molecule has 1 N–H and O–H groups in total. The summed E-state index contributed by atoms with van der Waals surface area (Å²) in [5.74, 6) is 0.940. The van der Waals surface area contributed by atoms with Gasteiger partial charge in [-0.1, -0.05) is 49.9 Å². The van der Waals surface area contributed by atoms with Crippen LogP contribution in [0.25, 0.3) is 0 Å². The van der Waals surface area contributed by atoms with Crippen LogP contribution in [0.2, 0.25) is 0 Å². The van der Waals surface area contributed by atoms with E-state index in [0.29, 0.717) is 6.04 Å². The van der Waals surface area contributed by atoms with Crippen molar-refractivity contribution in [3.63, 3.8) is 0 Å².